The normalized spacial score (nSPS) is 21.6. The number of anilines is 2. The number of fused-ring (bicyclic) bond motifs is 1. The summed E-state index contributed by atoms with van der Waals surface area (Å²) in [5.74, 6) is 2.01. The molecule has 0 saturated heterocycles. The highest BCUT2D eigenvalue weighted by Gasteiger charge is 2.45. The lowest BCUT2D eigenvalue weighted by Crippen LogP contribution is -2.32. The van der Waals surface area contributed by atoms with E-state index in [0.717, 1.165) is 42.1 Å². The molecule has 1 saturated carbocycles. The first-order chi connectivity index (χ1) is 15.6. The number of nitrogens with zero attached hydrogens (tertiary/aromatic N) is 4. The summed E-state index contributed by atoms with van der Waals surface area (Å²) in [7, 11) is 0. The van der Waals surface area contributed by atoms with Crippen LogP contribution in [-0.4, -0.2) is 32.3 Å². The Hall–Kier alpha value is -3.53. The lowest BCUT2D eigenvalue weighted by molar-refractivity contribution is -0.131. The van der Waals surface area contributed by atoms with E-state index in [1.807, 2.05) is 30.3 Å². The zero-order chi connectivity index (χ0) is 22.1. The first-order valence-corrected chi connectivity index (χ1v) is 11.3. The van der Waals surface area contributed by atoms with Crippen LogP contribution in [0.1, 0.15) is 36.8 Å². The van der Waals surface area contributed by atoms with Crippen LogP contribution >= 0.6 is 11.8 Å². The number of allylic oxidation sites excluding steroid dienone is 1. The molecule has 0 radical (unpaired) electrons. The molecule has 2 unspecified atom stereocenters. The van der Waals surface area contributed by atoms with Crippen LogP contribution in [0, 0.1) is 5.92 Å². The molecule has 9 nitrogen and oxygen atoms in total. The number of furan rings is 2. The third-order valence-corrected chi connectivity index (χ3v) is 6.35. The predicted octanol–water partition coefficient (Wildman–Crippen LogP) is 3.74. The minimum absolute atomic E-state index is 0.0596. The minimum Gasteiger partial charge on any atom is -0.467 e. The molecule has 1 aliphatic heterocycles. The van der Waals surface area contributed by atoms with Gasteiger partial charge >= 0.3 is 0 Å². The Kier molecular flexibility index (Phi) is 5.44. The molecule has 32 heavy (non-hydrogen) atoms. The van der Waals surface area contributed by atoms with E-state index < -0.39 is 0 Å². The van der Waals surface area contributed by atoms with Crippen molar-refractivity contribution in [2.24, 2.45) is 11.0 Å². The van der Waals surface area contributed by atoms with Crippen LogP contribution in [0.2, 0.25) is 0 Å². The highest BCUT2D eigenvalue weighted by molar-refractivity contribution is 7.99. The fraction of sp³-hybridized carbons (Fsp3) is 0.273. The largest absolute Gasteiger partial charge is 0.467 e. The van der Waals surface area contributed by atoms with E-state index in [2.05, 4.69) is 9.97 Å². The lowest BCUT2D eigenvalue weighted by Gasteiger charge is -2.27. The number of amides is 1. The van der Waals surface area contributed by atoms with Crippen LogP contribution < -0.4 is 11.5 Å². The van der Waals surface area contributed by atoms with Gasteiger partial charge in [-0.25, -0.2) is 15.0 Å². The average Bonchev–Trinajstić information content (AvgIpc) is 3.52. The molecule has 4 heterocycles. The van der Waals surface area contributed by atoms with Gasteiger partial charge in [-0.05, 0) is 55.2 Å². The van der Waals surface area contributed by atoms with E-state index in [1.165, 1.54) is 17.8 Å². The van der Waals surface area contributed by atoms with Crippen LogP contribution in [0.25, 0.3) is 6.08 Å². The van der Waals surface area contributed by atoms with Crippen LogP contribution in [0.5, 0.6) is 0 Å². The SMILES string of the molecule is Nc1cc(N)nc(SCC(=O)N2N=C3/C(=C/c4ccco4)CCCC3C2c2ccco2)n1. The molecule has 0 aromatic carbocycles. The zero-order valence-corrected chi connectivity index (χ0v) is 18.0. The first kappa shape index (κ1) is 20.4. The van der Waals surface area contributed by atoms with Crippen LogP contribution in [0.15, 0.2) is 67.5 Å². The molecule has 1 fully saturated rings. The van der Waals surface area contributed by atoms with Crippen molar-refractivity contribution < 1.29 is 13.6 Å². The van der Waals surface area contributed by atoms with Crippen molar-refractivity contribution in [1.82, 2.24) is 15.0 Å². The Morgan fingerprint density at radius 1 is 1.19 bits per heavy atom. The molecule has 164 valence electrons. The Morgan fingerprint density at radius 3 is 2.69 bits per heavy atom. The summed E-state index contributed by atoms with van der Waals surface area (Å²) in [5, 5.41) is 6.68. The maximum atomic E-state index is 13.3. The number of rotatable bonds is 5. The molecule has 2 atom stereocenters. The predicted molar refractivity (Wildman–Crippen MR) is 121 cm³/mol. The maximum absolute atomic E-state index is 13.3. The number of hydrogen-bond donors (Lipinski definition) is 2. The van der Waals surface area contributed by atoms with Gasteiger partial charge in [0.2, 0.25) is 0 Å². The molecule has 5 rings (SSSR count). The van der Waals surface area contributed by atoms with Gasteiger partial charge in [0.25, 0.3) is 5.91 Å². The molecule has 0 spiro atoms. The van der Waals surface area contributed by atoms with Gasteiger partial charge in [-0.15, -0.1) is 0 Å². The van der Waals surface area contributed by atoms with Crippen LogP contribution in [0.3, 0.4) is 0 Å². The van der Waals surface area contributed by atoms with Gasteiger partial charge in [0.05, 0.1) is 24.0 Å². The minimum atomic E-state index is -0.291. The molecule has 0 bridgehead atoms. The number of nitrogen functional groups attached to an aromatic ring is 2. The third-order valence-electron chi connectivity index (χ3n) is 5.52. The second-order valence-corrected chi connectivity index (χ2v) is 8.60. The first-order valence-electron chi connectivity index (χ1n) is 10.3. The Morgan fingerprint density at radius 2 is 1.97 bits per heavy atom. The number of hydrazone groups is 1. The zero-order valence-electron chi connectivity index (χ0n) is 17.2. The standard InChI is InChI=1S/C22H22N6O3S/c23-17-11-18(24)26-22(25-17)32-12-19(29)28-21(16-7-3-9-31-16)15-6-1-4-13(20(15)27-28)10-14-5-2-8-30-14/h2-3,5,7-11,15,21H,1,4,6,12H2,(H4,23,24,25,26)/b13-10+. The number of aromatic nitrogens is 2. The number of carbonyl (C=O) groups is 1. The summed E-state index contributed by atoms with van der Waals surface area (Å²) < 4.78 is 11.2. The molecule has 10 heteroatoms. The summed E-state index contributed by atoms with van der Waals surface area (Å²) in [4.78, 5) is 21.5. The van der Waals surface area contributed by atoms with Gasteiger partial charge in [-0.3, -0.25) is 4.79 Å². The summed E-state index contributed by atoms with van der Waals surface area (Å²) in [6, 6.07) is 8.67. The number of thioether (sulfide) groups is 1. The maximum Gasteiger partial charge on any atom is 0.253 e. The van der Waals surface area contributed by atoms with E-state index in [4.69, 9.17) is 25.4 Å². The quantitative estimate of drug-likeness (QED) is 0.443. The number of carbonyl (C=O) groups excluding carboxylic acids is 1. The van der Waals surface area contributed by atoms with Crippen molar-refractivity contribution in [2.75, 3.05) is 17.2 Å². The van der Waals surface area contributed by atoms with Crippen molar-refractivity contribution in [3.05, 3.63) is 60.0 Å². The van der Waals surface area contributed by atoms with E-state index in [0.29, 0.717) is 5.16 Å². The smallest absolute Gasteiger partial charge is 0.253 e. The summed E-state index contributed by atoms with van der Waals surface area (Å²) in [6.45, 7) is 0. The topological polar surface area (TPSA) is 137 Å². The molecule has 4 N–H and O–H groups in total. The van der Waals surface area contributed by atoms with Crippen molar-refractivity contribution in [2.45, 2.75) is 30.5 Å². The van der Waals surface area contributed by atoms with E-state index in [9.17, 15) is 4.79 Å². The monoisotopic (exact) mass is 450 g/mol. The highest BCUT2D eigenvalue weighted by atomic mass is 32.2. The van der Waals surface area contributed by atoms with E-state index in [-0.39, 0.29) is 35.3 Å². The Bertz CT molecular complexity index is 1150. The summed E-state index contributed by atoms with van der Waals surface area (Å²) in [6.07, 6.45) is 8.08. The Balaban J connectivity index is 1.43. The molecule has 1 amide bonds. The number of nitrogens with two attached hydrogens (primary N) is 2. The van der Waals surface area contributed by atoms with E-state index in [1.54, 1.807) is 17.5 Å². The van der Waals surface area contributed by atoms with Gasteiger partial charge < -0.3 is 20.3 Å². The fourth-order valence-corrected chi connectivity index (χ4v) is 4.93. The van der Waals surface area contributed by atoms with Crippen LogP contribution in [0.4, 0.5) is 11.6 Å². The van der Waals surface area contributed by atoms with E-state index >= 15 is 0 Å². The molecule has 1 aliphatic carbocycles. The molecule has 3 aromatic heterocycles. The fourth-order valence-electron chi connectivity index (χ4n) is 4.21. The summed E-state index contributed by atoms with van der Waals surface area (Å²) >= 11 is 1.18. The third kappa shape index (κ3) is 4.01. The van der Waals surface area contributed by atoms with Crippen molar-refractivity contribution in [1.29, 1.82) is 0 Å². The number of hydrogen-bond acceptors (Lipinski definition) is 9. The van der Waals surface area contributed by atoms with Crippen molar-refractivity contribution in [3.8, 4) is 0 Å². The molecule has 3 aromatic rings. The second kappa shape index (κ2) is 8.54. The molecular weight excluding hydrogens is 428 g/mol. The average molecular weight is 451 g/mol. The second-order valence-electron chi connectivity index (χ2n) is 7.66. The van der Waals surface area contributed by atoms with Crippen molar-refractivity contribution >= 4 is 41.1 Å². The van der Waals surface area contributed by atoms with Crippen LogP contribution in [-0.2, 0) is 4.79 Å². The van der Waals surface area contributed by atoms with Gasteiger partial charge in [-0.1, -0.05) is 11.8 Å². The van der Waals surface area contributed by atoms with Gasteiger partial charge in [0, 0.05) is 12.0 Å². The molecule has 2 aliphatic rings. The highest BCUT2D eigenvalue weighted by Crippen LogP contribution is 2.44. The van der Waals surface area contributed by atoms with Gasteiger partial charge in [-0.2, -0.15) is 5.10 Å². The van der Waals surface area contributed by atoms with Crippen molar-refractivity contribution in [3.63, 3.8) is 0 Å². The summed E-state index contributed by atoms with van der Waals surface area (Å²) in [5.41, 5.74) is 13.5. The van der Waals surface area contributed by atoms with Gasteiger partial charge in [0.1, 0.15) is 29.2 Å². The Labute approximate surface area is 188 Å². The van der Waals surface area contributed by atoms with Gasteiger partial charge in [0.15, 0.2) is 5.16 Å². The lowest BCUT2D eigenvalue weighted by atomic mass is 9.79. The molecular formula is C22H22N6O3S.